The lowest BCUT2D eigenvalue weighted by Crippen LogP contribution is -2.03. The number of esters is 2. The molecule has 8 heteroatoms. The number of methoxy groups -OCH3 is 2. The number of rotatable bonds is 18. The number of hydrogen-bond acceptors (Lipinski definition) is 8. The van der Waals surface area contributed by atoms with Gasteiger partial charge in [0, 0.05) is 43.6 Å². The number of carbonyl (C=O) groups is 2. The molecule has 0 bridgehead atoms. The van der Waals surface area contributed by atoms with Gasteiger partial charge in [0.2, 0.25) is 0 Å². The van der Waals surface area contributed by atoms with E-state index in [1.807, 2.05) is 12.1 Å². The summed E-state index contributed by atoms with van der Waals surface area (Å²) in [7, 11) is 2.72. The molecule has 2 aromatic rings. The topological polar surface area (TPSA) is 108 Å². The fraction of sp³-hybridized carbons (Fsp3) is 0.636. The van der Waals surface area contributed by atoms with Crippen molar-refractivity contribution in [1.82, 2.24) is 9.97 Å². The van der Waals surface area contributed by atoms with Gasteiger partial charge in [-0.15, -0.1) is 0 Å². The Bertz CT molecular complexity index is 884. The van der Waals surface area contributed by atoms with Crippen molar-refractivity contribution in [2.75, 3.05) is 34.0 Å². The molecule has 232 valence electrons. The summed E-state index contributed by atoms with van der Waals surface area (Å²) >= 11 is 0. The predicted octanol–water partition coefficient (Wildman–Crippen LogP) is 7.17. The molecule has 8 nitrogen and oxygen atoms in total. The molecule has 2 heterocycles. The van der Waals surface area contributed by atoms with Crippen LogP contribution in [0.2, 0.25) is 0 Å². The van der Waals surface area contributed by atoms with Crippen molar-refractivity contribution in [3.05, 3.63) is 59.2 Å². The number of aromatic nitrogens is 2. The number of hydrogen-bond donors (Lipinski definition) is 1. The highest BCUT2D eigenvalue weighted by atomic mass is 16.5. The third-order valence-electron chi connectivity index (χ3n) is 6.15. The summed E-state index contributed by atoms with van der Waals surface area (Å²) in [5.74, 6) is -0.714. The second-order valence-electron chi connectivity index (χ2n) is 9.72. The van der Waals surface area contributed by atoms with E-state index in [0.717, 1.165) is 69.5 Å². The predicted molar refractivity (Wildman–Crippen MR) is 164 cm³/mol. The van der Waals surface area contributed by atoms with E-state index in [0.29, 0.717) is 11.1 Å². The second-order valence-corrected chi connectivity index (χ2v) is 9.72. The minimum atomic E-state index is -0.371. The van der Waals surface area contributed by atoms with Gasteiger partial charge in [0.25, 0.3) is 0 Å². The summed E-state index contributed by atoms with van der Waals surface area (Å²) in [6.45, 7) is 8.56. The molecule has 0 saturated carbocycles. The maximum Gasteiger partial charge on any atom is 0.339 e. The van der Waals surface area contributed by atoms with Crippen LogP contribution in [-0.2, 0) is 27.1 Å². The standard InChI is InChI=1S/C16H25NO3.C11H15NO3.C6H14/c1-3-4-6-11-20-12-7-5-8-15-10-9-14(13-17-15)16(18)19-2;1-15-11(14)9-5-6-10(12-8-9)4-2-3-7-13;1-3-5-6-4-2/h9-10,13H,3-8,11-12H2,1-2H3;5-6,8,13H,2-4,7H2,1H3;3-6H2,1-2H3. The maximum absolute atomic E-state index is 11.3. The lowest BCUT2D eigenvalue weighted by atomic mass is 10.1. The molecule has 0 aliphatic rings. The molecule has 0 amide bonds. The molecule has 1 N–H and O–H groups in total. The third kappa shape index (κ3) is 20.7. The van der Waals surface area contributed by atoms with E-state index in [1.165, 1.54) is 58.9 Å². The zero-order chi connectivity index (χ0) is 30.6. The number of aliphatic hydroxyl groups excluding tert-OH is 1. The van der Waals surface area contributed by atoms with Crippen molar-refractivity contribution in [2.45, 2.75) is 104 Å². The number of nitrogens with zero attached hydrogens (tertiary/aromatic N) is 2. The normalized spacial score (nSPS) is 10.1. The van der Waals surface area contributed by atoms with Gasteiger partial charge in [-0.05, 0) is 69.2 Å². The average molecular weight is 575 g/mol. The molecule has 2 rings (SSSR count). The average Bonchev–Trinajstić information content (AvgIpc) is 3.02. The Hall–Kier alpha value is -2.84. The minimum absolute atomic E-state index is 0.209. The van der Waals surface area contributed by atoms with Crippen molar-refractivity contribution in [1.29, 1.82) is 0 Å². The molecule has 2 aromatic heterocycles. The first kappa shape index (κ1) is 38.2. The molecule has 41 heavy (non-hydrogen) atoms. The number of aryl methyl sites for hydroxylation is 2. The van der Waals surface area contributed by atoms with E-state index < -0.39 is 0 Å². The van der Waals surface area contributed by atoms with Crippen LogP contribution in [0, 0.1) is 0 Å². The minimum Gasteiger partial charge on any atom is -0.465 e. The van der Waals surface area contributed by atoms with Gasteiger partial charge in [0.05, 0.1) is 25.3 Å². The first-order valence-corrected chi connectivity index (χ1v) is 15.2. The van der Waals surface area contributed by atoms with Crippen LogP contribution in [0.5, 0.6) is 0 Å². The highest BCUT2D eigenvalue weighted by molar-refractivity contribution is 5.89. The maximum atomic E-state index is 11.3. The first-order valence-electron chi connectivity index (χ1n) is 15.2. The van der Waals surface area contributed by atoms with Gasteiger partial charge >= 0.3 is 11.9 Å². The Morgan fingerprint density at radius 3 is 1.41 bits per heavy atom. The van der Waals surface area contributed by atoms with E-state index in [4.69, 9.17) is 9.84 Å². The third-order valence-corrected chi connectivity index (χ3v) is 6.15. The molecule has 0 atom stereocenters. The summed E-state index contributed by atoms with van der Waals surface area (Å²) in [5.41, 5.74) is 2.89. The van der Waals surface area contributed by atoms with Gasteiger partial charge in [-0.3, -0.25) is 9.97 Å². The zero-order valence-electron chi connectivity index (χ0n) is 26.2. The van der Waals surface area contributed by atoms with E-state index >= 15 is 0 Å². The molecule has 0 aromatic carbocycles. The highest BCUT2D eigenvalue weighted by Crippen LogP contribution is 2.07. The van der Waals surface area contributed by atoms with Crippen molar-refractivity contribution in [3.63, 3.8) is 0 Å². The molecule has 0 unspecified atom stereocenters. The van der Waals surface area contributed by atoms with Crippen molar-refractivity contribution >= 4 is 11.9 Å². The molecule has 0 spiro atoms. The summed E-state index contributed by atoms with van der Waals surface area (Å²) < 4.78 is 14.8. The molecular formula is C33H54N2O6. The Labute approximate surface area is 248 Å². The largest absolute Gasteiger partial charge is 0.465 e. The summed E-state index contributed by atoms with van der Waals surface area (Å²) in [6, 6.07) is 7.15. The summed E-state index contributed by atoms with van der Waals surface area (Å²) in [4.78, 5) is 30.7. The Kier molecular flexibility index (Phi) is 25.4. The summed E-state index contributed by atoms with van der Waals surface area (Å²) in [5, 5.41) is 8.61. The van der Waals surface area contributed by atoms with Gasteiger partial charge < -0.3 is 19.3 Å². The first-order chi connectivity index (χ1) is 20.0. The molecule has 0 aliphatic heterocycles. The Balaban J connectivity index is 0.000000669. The smallest absolute Gasteiger partial charge is 0.339 e. The lowest BCUT2D eigenvalue weighted by Gasteiger charge is -2.04. The van der Waals surface area contributed by atoms with Crippen LogP contribution in [0.25, 0.3) is 0 Å². The lowest BCUT2D eigenvalue weighted by molar-refractivity contribution is 0.0591. The van der Waals surface area contributed by atoms with E-state index in [2.05, 4.69) is 40.2 Å². The molecular weight excluding hydrogens is 520 g/mol. The zero-order valence-corrected chi connectivity index (χ0v) is 26.2. The molecule has 0 fully saturated rings. The number of unbranched alkanes of at least 4 members (excludes halogenated alkanes) is 7. The monoisotopic (exact) mass is 574 g/mol. The van der Waals surface area contributed by atoms with Crippen LogP contribution in [0.4, 0.5) is 0 Å². The van der Waals surface area contributed by atoms with Gasteiger partial charge in [-0.25, -0.2) is 9.59 Å². The number of pyridine rings is 2. The van der Waals surface area contributed by atoms with Gasteiger partial charge in [0.1, 0.15) is 0 Å². The van der Waals surface area contributed by atoms with Gasteiger partial charge in [-0.1, -0.05) is 59.3 Å². The fourth-order valence-corrected chi connectivity index (χ4v) is 3.61. The fourth-order valence-electron chi connectivity index (χ4n) is 3.61. The van der Waals surface area contributed by atoms with Gasteiger partial charge in [-0.2, -0.15) is 0 Å². The quantitative estimate of drug-likeness (QED) is 0.147. The second kappa shape index (κ2) is 27.3. The van der Waals surface area contributed by atoms with Crippen LogP contribution in [0.1, 0.15) is 124 Å². The number of carbonyl (C=O) groups excluding carboxylic acids is 2. The number of ether oxygens (including phenoxy) is 3. The van der Waals surface area contributed by atoms with Crippen LogP contribution < -0.4 is 0 Å². The van der Waals surface area contributed by atoms with E-state index in [1.54, 1.807) is 18.3 Å². The highest BCUT2D eigenvalue weighted by Gasteiger charge is 2.06. The Morgan fingerprint density at radius 1 is 0.634 bits per heavy atom. The van der Waals surface area contributed by atoms with E-state index in [9.17, 15) is 9.59 Å². The van der Waals surface area contributed by atoms with Crippen molar-refractivity contribution in [2.24, 2.45) is 0 Å². The van der Waals surface area contributed by atoms with Crippen LogP contribution in [0.15, 0.2) is 36.7 Å². The molecule has 0 aliphatic carbocycles. The van der Waals surface area contributed by atoms with Crippen molar-refractivity contribution in [3.8, 4) is 0 Å². The number of aliphatic hydroxyl groups is 1. The van der Waals surface area contributed by atoms with Gasteiger partial charge in [0.15, 0.2) is 0 Å². The van der Waals surface area contributed by atoms with Crippen LogP contribution in [-0.4, -0.2) is 61.1 Å². The summed E-state index contributed by atoms with van der Waals surface area (Å²) in [6.07, 6.45) is 17.8. The van der Waals surface area contributed by atoms with Crippen LogP contribution in [0.3, 0.4) is 0 Å². The van der Waals surface area contributed by atoms with Crippen molar-refractivity contribution < 1.29 is 28.9 Å². The molecule has 0 radical (unpaired) electrons. The van der Waals surface area contributed by atoms with Crippen LogP contribution >= 0.6 is 0 Å². The Morgan fingerprint density at radius 2 is 1.05 bits per heavy atom. The SMILES string of the molecule is CCCCCC.CCCCCOCCCCc1ccc(C(=O)OC)cn1.COC(=O)c1ccc(CCCCO)nc1. The van der Waals surface area contributed by atoms with E-state index in [-0.39, 0.29) is 18.5 Å². The molecule has 0 saturated heterocycles.